The number of hydrogen-bond donors (Lipinski definition) is 0. The average Bonchev–Trinajstić information content (AvgIpc) is 2.07. The van der Waals surface area contributed by atoms with Crippen LogP contribution in [0.3, 0.4) is 0 Å². The van der Waals surface area contributed by atoms with Crippen LogP contribution in [-0.4, -0.2) is 24.6 Å². The van der Waals surface area contributed by atoms with Crippen LogP contribution in [0.4, 0.5) is 17.6 Å². The zero-order valence-corrected chi connectivity index (χ0v) is 7.91. The zero-order chi connectivity index (χ0) is 10.7. The Kier molecular flexibility index (Phi) is 4.16. The molecule has 13 heavy (non-hydrogen) atoms. The van der Waals surface area contributed by atoms with Crippen molar-refractivity contribution in [2.45, 2.75) is 45.1 Å². The fourth-order valence-corrected chi connectivity index (χ4v) is 0.966. The van der Waals surface area contributed by atoms with E-state index in [2.05, 4.69) is 4.74 Å². The van der Waals surface area contributed by atoms with Crippen LogP contribution in [0.25, 0.3) is 0 Å². The summed E-state index contributed by atoms with van der Waals surface area (Å²) in [7, 11) is 0. The SMILES string of the molecule is CC.CCOC1CC(F)(F)C1(F)F. The highest BCUT2D eigenvalue weighted by molar-refractivity contribution is 5.04. The Morgan fingerprint density at radius 1 is 1.23 bits per heavy atom. The van der Waals surface area contributed by atoms with Crippen molar-refractivity contribution in [1.82, 2.24) is 0 Å². The Hall–Kier alpha value is -0.320. The molecular formula is C8H14F4O. The van der Waals surface area contributed by atoms with E-state index < -0.39 is 24.4 Å². The Balaban J connectivity index is 0.000000671. The summed E-state index contributed by atoms with van der Waals surface area (Å²) >= 11 is 0. The predicted molar refractivity (Wildman–Crippen MR) is 41.3 cm³/mol. The van der Waals surface area contributed by atoms with Crippen molar-refractivity contribution in [2.75, 3.05) is 6.61 Å². The minimum absolute atomic E-state index is 0.0380. The highest BCUT2D eigenvalue weighted by Gasteiger charge is 2.72. The van der Waals surface area contributed by atoms with E-state index in [1.807, 2.05) is 13.8 Å². The molecule has 5 heteroatoms. The van der Waals surface area contributed by atoms with Crippen molar-refractivity contribution in [3.8, 4) is 0 Å². The number of halogens is 4. The number of ether oxygens (including phenoxy) is 1. The fourth-order valence-electron chi connectivity index (χ4n) is 0.966. The van der Waals surface area contributed by atoms with Gasteiger partial charge < -0.3 is 4.74 Å². The predicted octanol–water partition coefficient (Wildman–Crippen LogP) is 3.09. The largest absolute Gasteiger partial charge is 0.372 e. The Morgan fingerprint density at radius 2 is 1.69 bits per heavy atom. The summed E-state index contributed by atoms with van der Waals surface area (Å²) in [5.41, 5.74) is 0. The van der Waals surface area contributed by atoms with Gasteiger partial charge in [-0.05, 0) is 6.92 Å². The molecule has 1 saturated carbocycles. The molecular weight excluding hydrogens is 188 g/mol. The number of hydrogen-bond acceptors (Lipinski definition) is 1. The molecule has 0 radical (unpaired) electrons. The van der Waals surface area contributed by atoms with Crippen molar-refractivity contribution in [2.24, 2.45) is 0 Å². The van der Waals surface area contributed by atoms with Crippen LogP contribution in [-0.2, 0) is 4.74 Å². The van der Waals surface area contributed by atoms with Crippen LogP contribution in [0.2, 0.25) is 0 Å². The average molecular weight is 202 g/mol. The molecule has 1 unspecified atom stereocenters. The molecule has 0 bridgehead atoms. The van der Waals surface area contributed by atoms with E-state index >= 15 is 0 Å². The van der Waals surface area contributed by atoms with E-state index in [1.165, 1.54) is 6.92 Å². The highest BCUT2D eigenvalue weighted by Crippen LogP contribution is 2.52. The summed E-state index contributed by atoms with van der Waals surface area (Å²) in [6.07, 6.45) is -2.46. The van der Waals surface area contributed by atoms with E-state index in [9.17, 15) is 17.6 Å². The number of rotatable bonds is 2. The second-order valence-electron chi connectivity index (χ2n) is 2.48. The van der Waals surface area contributed by atoms with Crippen LogP contribution >= 0.6 is 0 Å². The van der Waals surface area contributed by atoms with Crippen LogP contribution in [0.15, 0.2) is 0 Å². The van der Waals surface area contributed by atoms with Crippen molar-refractivity contribution in [3.63, 3.8) is 0 Å². The van der Waals surface area contributed by atoms with Gasteiger partial charge in [-0.25, -0.2) is 0 Å². The van der Waals surface area contributed by atoms with Gasteiger partial charge in [0.1, 0.15) is 6.10 Å². The molecule has 0 aromatic carbocycles. The van der Waals surface area contributed by atoms with Gasteiger partial charge in [0.05, 0.1) is 6.42 Å². The Labute approximate surface area is 75.1 Å². The first kappa shape index (κ1) is 12.7. The van der Waals surface area contributed by atoms with Gasteiger partial charge in [-0.2, -0.15) is 17.6 Å². The first-order chi connectivity index (χ1) is 5.92. The summed E-state index contributed by atoms with van der Waals surface area (Å²) in [6.45, 7) is 5.53. The lowest BCUT2D eigenvalue weighted by atomic mass is 9.85. The van der Waals surface area contributed by atoms with Crippen LogP contribution in [0.1, 0.15) is 27.2 Å². The third-order valence-electron chi connectivity index (χ3n) is 1.70. The molecule has 80 valence electrons. The zero-order valence-electron chi connectivity index (χ0n) is 7.91. The fraction of sp³-hybridized carbons (Fsp3) is 1.00. The van der Waals surface area contributed by atoms with E-state index in [0.717, 1.165) is 0 Å². The van der Waals surface area contributed by atoms with Gasteiger partial charge in [-0.15, -0.1) is 0 Å². The van der Waals surface area contributed by atoms with Gasteiger partial charge in [0.25, 0.3) is 0 Å². The summed E-state index contributed by atoms with van der Waals surface area (Å²) in [5, 5.41) is 0. The van der Waals surface area contributed by atoms with E-state index in [-0.39, 0.29) is 6.61 Å². The van der Waals surface area contributed by atoms with Crippen molar-refractivity contribution >= 4 is 0 Å². The summed E-state index contributed by atoms with van der Waals surface area (Å²) in [4.78, 5) is 0. The molecule has 1 aliphatic carbocycles. The molecule has 1 rings (SSSR count). The molecule has 0 amide bonds. The van der Waals surface area contributed by atoms with Crippen molar-refractivity contribution in [1.29, 1.82) is 0 Å². The maximum Gasteiger partial charge on any atom is 0.335 e. The first-order valence-corrected chi connectivity index (χ1v) is 4.29. The quantitative estimate of drug-likeness (QED) is 0.625. The molecule has 0 aromatic rings. The molecule has 1 atom stereocenters. The van der Waals surface area contributed by atoms with Gasteiger partial charge in [-0.1, -0.05) is 13.8 Å². The normalized spacial score (nSPS) is 28.4. The van der Waals surface area contributed by atoms with Gasteiger partial charge in [0.2, 0.25) is 0 Å². The minimum atomic E-state index is -3.97. The standard InChI is InChI=1S/C6H8F4O.C2H6/c1-2-11-4-3-5(7,8)6(4,9)10;1-2/h4H,2-3H2,1H3;1-2H3. The molecule has 1 nitrogen and oxygen atoms in total. The summed E-state index contributed by atoms with van der Waals surface area (Å²) < 4.78 is 53.1. The van der Waals surface area contributed by atoms with Gasteiger partial charge >= 0.3 is 11.8 Å². The molecule has 0 saturated heterocycles. The monoisotopic (exact) mass is 202 g/mol. The molecule has 0 aromatic heterocycles. The van der Waals surface area contributed by atoms with Crippen LogP contribution in [0, 0.1) is 0 Å². The van der Waals surface area contributed by atoms with E-state index in [4.69, 9.17) is 0 Å². The van der Waals surface area contributed by atoms with E-state index in [0.29, 0.717) is 0 Å². The smallest absolute Gasteiger partial charge is 0.335 e. The lowest BCUT2D eigenvalue weighted by molar-refractivity contribution is -0.340. The second kappa shape index (κ2) is 4.26. The van der Waals surface area contributed by atoms with Crippen LogP contribution in [0.5, 0.6) is 0 Å². The second-order valence-corrected chi connectivity index (χ2v) is 2.48. The van der Waals surface area contributed by atoms with Crippen molar-refractivity contribution in [3.05, 3.63) is 0 Å². The number of alkyl halides is 4. The highest BCUT2D eigenvalue weighted by atomic mass is 19.3. The summed E-state index contributed by atoms with van der Waals surface area (Å²) in [6, 6.07) is 0. The maximum atomic E-state index is 12.3. The van der Waals surface area contributed by atoms with Gasteiger partial charge in [-0.3, -0.25) is 0 Å². The topological polar surface area (TPSA) is 9.23 Å². The van der Waals surface area contributed by atoms with Gasteiger partial charge in [0, 0.05) is 6.61 Å². The third-order valence-corrected chi connectivity index (χ3v) is 1.70. The molecule has 1 fully saturated rings. The molecule has 1 aliphatic rings. The lowest BCUT2D eigenvalue weighted by Crippen LogP contribution is -2.63. The van der Waals surface area contributed by atoms with Crippen molar-refractivity contribution < 1.29 is 22.3 Å². The summed E-state index contributed by atoms with van der Waals surface area (Å²) in [5.74, 6) is -7.84. The third kappa shape index (κ3) is 2.13. The van der Waals surface area contributed by atoms with Crippen LogP contribution < -0.4 is 0 Å². The maximum absolute atomic E-state index is 12.3. The van der Waals surface area contributed by atoms with Gasteiger partial charge in [0.15, 0.2) is 0 Å². The molecule has 0 aliphatic heterocycles. The molecule has 0 N–H and O–H groups in total. The Bertz CT molecular complexity index is 158. The molecule has 0 heterocycles. The lowest BCUT2D eigenvalue weighted by Gasteiger charge is -2.42. The Morgan fingerprint density at radius 3 is 1.92 bits per heavy atom. The first-order valence-electron chi connectivity index (χ1n) is 4.29. The minimum Gasteiger partial charge on any atom is -0.372 e. The molecule has 0 spiro atoms. The van der Waals surface area contributed by atoms with E-state index in [1.54, 1.807) is 0 Å².